The molecule has 0 saturated carbocycles. The molecular formula is C7H15N3. The molecule has 2 unspecified atom stereocenters. The molecule has 0 aliphatic heterocycles. The van der Waals surface area contributed by atoms with E-state index in [1.807, 2.05) is 13.0 Å². The Morgan fingerprint density at radius 2 is 2.00 bits per heavy atom. The normalized spacial score (nSPS) is 15.8. The SMILES string of the molecule is CC(N)CCCC(N)C#N. The Bertz CT molecular complexity index is 115. The van der Waals surface area contributed by atoms with Crippen molar-refractivity contribution >= 4 is 0 Å². The van der Waals surface area contributed by atoms with Gasteiger partial charge in [0.05, 0.1) is 12.1 Å². The summed E-state index contributed by atoms with van der Waals surface area (Å²) in [7, 11) is 0. The molecule has 0 rings (SSSR count). The maximum atomic E-state index is 8.29. The van der Waals surface area contributed by atoms with Gasteiger partial charge in [-0.2, -0.15) is 5.26 Å². The first-order valence-corrected chi connectivity index (χ1v) is 3.57. The molecule has 2 atom stereocenters. The van der Waals surface area contributed by atoms with Crippen molar-refractivity contribution in [2.24, 2.45) is 11.5 Å². The maximum Gasteiger partial charge on any atom is 0.0928 e. The van der Waals surface area contributed by atoms with Crippen LogP contribution < -0.4 is 11.5 Å². The molecule has 58 valence electrons. The van der Waals surface area contributed by atoms with E-state index >= 15 is 0 Å². The maximum absolute atomic E-state index is 8.29. The Morgan fingerprint density at radius 3 is 2.40 bits per heavy atom. The zero-order chi connectivity index (χ0) is 7.98. The van der Waals surface area contributed by atoms with Crippen LogP contribution in [0.3, 0.4) is 0 Å². The zero-order valence-corrected chi connectivity index (χ0v) is 6.38. The van der Waals surface area contributed by atoms with Crippen molar-refractivity contribution in [2.45, 2.75) is 38.3 Å². The predicted molar refractivity (Wildman–Crippen MR) is 41.1 cm³/mol. The first kappa shape index (κ1) is 9.41. The number of hydrogen-bond donors (Lipinski definition) is 2. The molecule has 0 aromatic carbocycles. The lowest BCUT2D eigenvalue weighted by atomic mass is 10.1. The number of nitrogens with zero attached hydrogens (tertiary/aromatic N) is 1. The van der Waals surface area contributed by atoms with Crippen LogP contribution in [0.1, 0.15) is 26.2 Å². The summed E-state index contributed by atoms with van der Waals surface area (Å²) >= 11 is 0. The van der Waals surface area contributed by atoms with Crippen LogP contribution in [0.4, 0.5) is 0 Å². The molecule has 0 heterocycles. The average molecular weight is 141 g/mol. The molecule has 4 N–H and O–H groups in total. The van der Waals surface area contributed by atoms with Crippen molar-refractivity contribution in [3.63, 3.8) is 0 Å². The summed E-state index contributed by atoms with van der Waals surface area (Å²) in [5.74, 6) is 0. The Labute approximate surface area is 62.0 Å². The quantitative estimate of drug-likeness (QED) is 0.593. The molecule has 3 heteroatoms. The summed E-state index contributed by atoms with van der Waals surface area (Å²) in [6, 6.07) is 1.90. The van der Waals surface area contributed by atoms with Crippen LogP contribution in [0.5, 0.6) is 0 Å². The largest absolute Gasteiger partial charge is 0.328 e. The topological polar surface area (TPSA) is 75.8 Å². The van der Waals surface area contributed by atoms with E-state index in [2.05, 4.69) is 0 Å². The number of nitrogens with two attached hydrogens (primary N) is 2. The van der Waals surface area contributed by atoms with Crippen LogP contribution >= 0.6 is 0 Å². The first-order chi connectivity index (χ1) is 4.66. The molecule has 0 fully saturated rings. The lowest BCUT2D eigenvalue weighted by Gasteiger charge is -2.04. The van der Waals surface area contributed by atoms with Crippen molar-refractivity contribution in [3.8, 4) is 6.07 Å². The van der Waals surface area contributed by atoms with Gasteiger partial charge in [0.1, 0.15) is 0 Å². The number of rotatable bonds is 4. The Kier molecular flexibility index (Phi) is 4.91. The summed E-state index contributed by atoms with van der Waals surface area (Å²) in [5, 5.41) is 8.29. The number of hydrogen-bond acceptors (Lipinski definition) is 3. The second-order valence-electron chi connectivity index (χ2n) is 2.64. The fourth-order valence-electron chi connectivity index (χ4n) is 0.724. The van der Waals surface area contributed by atoms with Crippen LogP contribution in [0.25, 0.3) is 0 Å². The van der Waals surface area contributed by atoms with Crippen LogP contribution in [0, 0.1) is 11.3 Å². The van der Waals surface area contributed by atoms with Gasteiger partial charge in [-0.15, -0.1) is 0 Å². The van der Waals surface area contributed by atoms with E-state index in [0.717, 1.165) is 19.3 Å². The fraction of sp³-hybridized carbons (Fsp3) is 0.857. The van der Waals surface area contributed by atoms with Gasteiger partial charge in [0.25, 0.3) is 0 Å². The Hall–Kier alpha value is -0.590. The third kappa shape index (κ3) is 5.54. The highest BCUT2D eigenvalue weighted by atomic mass is 14.6. The predicted octanol–water partition coefficient (Wildman–Crippen LogP) is 0.355. The molecule has 0 aliphatic rings. The third-order valence-electron chi connectivity index (χ3n) is 1.34. The van der Waals surface area contributed by atoms with Gasteiger partial charge in [-0.25, -0.2) is 0 Å². The van der Waals surface area contributed by atoms with Crippen molar-refractivity contribution in [1.82, 2.24) is 0 Å². The molecule has 0 aromatic heterocycles. The van der Waals surface area contributed by atoms with Crippen LogP contribution in [-0.4, -0.2) is 12.1 Å². The molecule has 0 bridgehead atoms. The second kappa shape index (κ2) is 5.21. The molecule has 0 aromatic rings. The van der Waals surface area contributed by atoms with E-state index in [4.69, 9.17) is 16.7 Å². The second-order valence-corrected chi connectivity index (χ2v) is 2.64. The summed E-state index contributed by atoms with van der Waals surface area (Å²) in [6.45, 7) is 1.96. The minimum Gasteiger partial charge on any atom is -0.328 e. The van der Waals surface area contributed by atoms with Crippen molar-refractivity contribution in [3.05, 3.63) is 0 Å². The molecule has 0 spiro atoms. The van der Waals surface area contributed by atoms with E-state index in [0.29, 0.717) is 0 Å². The monoisotopic (exact) mass is 141 g/mol. The molecule has 0 amide bonds. The molecule has 0 saturated heterocycles. The fourth-order valence-corrected chi connectivity index (χ4v) is 0.724. The summed E-state index contributed by atoms with van der Waals surface area (Å²) in [4.78, 5) is 0. The summed E-state index contributed by atoms with van der Waals surface area (Å²) in [6.07, 6.45) is 2.67. The highest BCUT2D eigenvalue weighted by Gasteiger charge is 1.99. The highest BCUT2D eigenvalue weighted by molar-refractivity contribution is 4.85. The number of nitriles is 1. The van der Waals surface area contributed by atoms with Crippen LogP contribution in [0.15, 0.2) is 0 Å². The van der Waals surface area contributed by atoms with Gasteiger partial charge in [0, 0.05) is 6.04 Å². The zero-order valence-electron chi connectivity index (χ0n) is 6.38. The molecule has 0 aliphatic carbocycles. The summed E-state index contributed by atoms with van der Waals surface area (Å²) < 4.78 is 0. The van der Waals surface area contributed by atoms with Crippen LogP contribution in [-0.2, 0) is 0 Å². The van der Waals surface area contributed by atoms with Gasteiger partial charge in [0.2, 0.25) is 0 Å². The van der Waals surface area contributed by atoms with E-state index in [9.17, 15) is 0 Å². The third-order valence-corrected chi connectivity index (χ3v) is 1.34. The first-order valence-electron chi connectivity index (χ1n) is 3.57. The summed E-state index contributed by atoms with van der Waals surface area (Å²) in [5.41, 5.74) is 10.9. The van der Waals surface area contributed by atoms with Crippen molar-refractivity contribution in [1.29, 1.82) is 5.26 Å². The Morgan fingerprint density at radius 1 is 1.40 bits per heavy atom. The average Bonchev–Trinajstić information content (AvgIpc) is 1.87. The molecule has 0 radical (unpaired) electrons. The lowest BCUT2D eigenvalue weighted by molar-refractivity contribution is 0.577. The van der Waals surface area contributed by atoms with Gasteiger partial charge in [-0.3, -0.25) is 0 Å². The van der Waals surface area contributed by atoms with Gasteiger partial charge in [-0.1, -0.05) is 0 Å². The van der Waals surface area contributed by atoms with Gasteiger partial charge in [-0.05, 0) is 26.2 Å². The Balaban J connectivity index is 3.13. The van der Waals surface area contributed by atoms with E-state index in [1.165, 1.54) is 0 Å². The standard InChI is InChI=1S/C7H15N3/c1-6(9)3-2-4-7(10)5-8/h6-7H,2-4,9-10H2,1H3. The van der Waals surface area contributed by atoms with E-state index < -0.39 is 0 Å². The van der Waals surface area contributed by atoms with Crippen molar-refractivity contribution < 1.29 is 0 Å². The minimum absolute atomic E-state index is 0.228. The van der Waals surface area contributed by atoms with Crippen LogP contribution in [0.2, 0.25) is 0 Å². The van der Waals surface area contributed by atoms with E-state index in [-0.39, 0.29) is 12.1 Å². The van der Waals surface area contributed by atoms with Gasteiger partial charge < -0.3 is 11.5 Å². The molecule has 3 nitrogen and oxygen atoms in total. The van der Waals surface area contributed by atoms with Gasteiger partial charge in [0.15, 0.2) is 0 Å². The highest BCUT2D eigenvalue weighted by Crippen LogP contribution is 1.99. The van der Waals surface area contributed by atoms with E-state index in [1.54, 1.807) is 0 Å². The molecule has 10 heavy (non-hydrogen) atoms. The lowest BCUT2D eigenvalue weighted by Crippen LogP contribution is -2.19. The van der Waals surface area contributed by atoms with Gasteiger partial charge >= 0.3 is 0 Å². The van der Waals surface area contributed by atoms with Crippen molar-refractivity contribution in [2.75, 3.05) is 0 Å². The minimum atomic E-state index is -0.307. The molecular weight excluding hydrogens is 126 g/mol. The smallest absolute Gasteiger partial charge is 0.0928 e.